The minimum Gasteiger partial charge on any atom is -0.497 e. The third kappa shape index (κ3) is 3.64. The highest BCUT2D eigenvalue weighted by atomic mass is 16.5. The molecule has 0 aliphatic heterocycles. The molecule has 8 nitrogen and oxygen atoms in total. The first-order valence-electron chi connectivity index (χ1n) is 9.26. The van der Waals surface area contributed by atoms with Crippen LogP contribution in [0.5, 0.6) is 5.75 Å². The van der Waals surface area contributed by atoms with Crippen molar-refractivity contribution in [2.75, 3.05) is 24.8 Å². The fourth-order valence-electron chi connectivity index (χ4n) is 3.26. The van der Waals surface area contributed by atoms with E-state index in [0.29, 0.717) is 17.9 Å². The molecule has 0 fully saturated rings. The van der Waals surface area contributed by atoms with Crippen LogP contribution in [-0.2, 0) is 6.42 Å². The summed E-state index contributed by atoms with van der Waals surface area (Å²) in [6.45, 7) is 2.63. The molecular formula is C21H22N6O2. The summed E-state index contributed by atoms with van der Waals surface area (Å²) in [5, 5.41) is 12.5. The van der Waals surface area contributed by atoms with Crippen molar-refractivity contribution in [1.29, 1.82) is 0 Å². The second-order valence-corrected chi connectivity index (χ2v) is 6.82. The lowest BCUT2D eigenvalue weighted by atomic mass is 10.1. The van der Waals surface area contributed by atoms with Crippen LogP contribution >= 0.6 is 0 Å². The number of nitrogens with one attached hydrogen (secondary N) is 2. The van der Waals surface area contributed by atoms with E-state index in [9.17, 15) is 4.79 Å². The summed E-state index contributed by atoms with van der Waals surface area (Å²) >= 11 is 0. The van der Waals surface area contributed by atoms with E-state index in [2.05, 4.69) is 45.6 Å². The Bertz CT molecular complexity index is 1210. The number of benzene rings is 2. The summed E-state index contributed by atoms with van der Waals surface area (Å²) in [6.07, 6.45) is 2.75. The quantitative estimate of drug-likeness (QED) is 0.436. The molecule has 2 aromatic carbocycles. The van der Waals surface area contributed by atoms with Gasteiger partial charge in [0.1, 0.15) is 5.75 Å². The molecular weight excluding hydrogens is 368 g/mol. The van der Waals surface area contributed by atoms with Crippen molar-refractivity contribution in [2.24, 2.45) is 0 Å². The summed E-state index contributed by atoms with van der Waals surface area (Å²) in [6, 6.07) is 13.3. The Morgan fingerprint density at radius 3 is 2.72 bits per heavy atom. The number of aromatic amines is 1. The number of fused-ring (bicyclic) bond motifs is 1. The van der Waals surface area contributed by atoms with Crippen LogP contribution in [0.1, 0.15) is 11.1 Å². The Kier molecular flexibility index (Phi) is 4.90. The molecule has 2 aromatic heterocycles. The van der Waals surface area contributed by atoms with Crippen molar-refractivity contribution in [1.82, 2.24) is 19.9 Å². The van der Waals surface area contributed by atoms with Crippen molar-refractivity contribution in [3.05, 3.63) is 70.1 Å². The number of aromatic nitrogens is 4. The summed E-state index contributed by atoms with van der Waals surface area (Å²) in [5.41, 5.74) is 3.89. The van der Waals surface area contributed by atoms with Gasteiger partial charge in [0.15, 0.2) is 5.69 Å². The molecule has 0 radical (unpaired) electrons. The number of aryl methyl sites for hydroxylation is 1. The normalized spacial score (nSPS) is 11.0. The maximum absolute atomic E-state index is 12.6. The Morgan fingerprint density at radius 2 is 1.97 bits per heavy atom. The van der Waals surface area contributed by atoms with Crippen molar-refractivity contribution in [3.8, 4) is 17.0 Å². The number of methoxy groups -OCH3 is 1. The van der Waals surface area contributed by atoms with Crippen molar-refractivity contribution >= 4 is 16.9 Å². The second kappa shape index (κ2) is 7.67. The van der Waals surface area contributed by atoms with E-state index < -0.39 is 5.56 Å². The maximum Gasteiger partial charge on any atom is 0.300 e. The van der Waals surface area contributed by atoms with Gasteiger partial charge >= 0.3 is 0 Å². The number of hydrogen-bond acceptors (Lipinski definition) is 6. The minimum absolute atomic E-state index is 0.188. The van der Waals surface area contributed by atoms with E-state index in [0.717, 1.165) is 16.6 Å². The van der Waals surface area contributed by atoms with Crippen LogP contribution < -0.4 is 21.5 Å². The Labute approximate surface area is 167 Å². The number of anilines is 1. The van der Waals surface area contributed by atoms with Crippen LogP contribution in [0.4, 0.5) is 5.95 Å². The molecule has 0 unspecified atom stereocenters. The van der Waals surface area contributed by atoms with Gasteiger partial charge in [-0.25, -0.2) is 0 Å². The molecule has 4 rings (SSSR count). The number of nitrogens with zero attached hydrogens (tertiary/aromatic N) is 3. The van der Waals surface area contributed by atoms with Crippen molar-refractivity contribution < 1.29 is 4.74 Å². The van der Waals surface area contributed by atoms with Crippen LogP contribution in [0, 0.1) is 6.92 Å². The number of hydrogen-bond donors (Lipinski definition) is 3. The number of ether oxygens (including phenoxy) is 1. The molecule has 29 heavy (non-hydrogen) atoms. The molecule has 4 aromatic rings. The molecule has 0 amide bonds. The van der Waals surface area contributed by atoms with Crippen LogP contribution in [0.15, 0.2) is 53.5 Å². The molecule has 0 aliphatic rings. The number of rotatable bonds is 6. The average Bonchev–Trinajstić information content (AvgIpc) is 3.13. The lowest BCUT2D eigenvalue weighted by Crippen LogP contribution is -2.33. The van der Waals surface area contributed by atoms with Gasteiger partial charge in [-0.15, -0.1) is 10.2 Å². The Morgan fingerprint density at radius 1 is 1.17 bits per heavy atom. The highest BCUT2D eigenvalue weighted by molar-refractivity contribution is 5.83. The van der Waals surface area contributed by atoms with Gasteiger partial charge in [0, 0.05) is 29.2 Å². The van der Waals surface area contributed by atoms with Crippen molar-refractivity contribution in [2.45, 2.75) is 13.3 Å². The van der Waals surface area contributed by atoms with Crippen LogP contribution in [0.25, 0.3) is 22.2 Å². The van der Waals surface area contributed by atoms with Crippen molar-refractivity contribution in [3.63, 3.8) is 0 Å². The third-order valence-corrected chi connectivity index (χ3v) is 4.86. The van der Waals surface area contributed by atoms with E-state index >= 15 is 0 Å². The first-order chi connectivity index (χ1) is 14.1. The number of H-pyrrole nitrogens is 1. The van der Waals surface area contributed by atoms with E-state index in [-0.39, 0.29) is 11.6 Å². The molecule has 4 N–H and O–H groups in total. The molecule has 0 bridgehead atoms. The minimum atomic E-state index is -0.421. The topological polar surface area (TPSA) is 111 Å². The molecule has 0 saturated heterocycles. The van der Waals surface area contributed by atoms with Gasteiger partial charge in [-0.2, -0.15) is 4.68 Å². The van der Waals surface area contributed by atoms with E-state index in [4.69, 9.17) is 10.6 Å². The van der Waals surface area contributed by atoms with Gasteiger partial charge in [-0.05, 0) is 55.3 Å². The smallest absolute Gasteiger partial charge is 0.300 e. The van der Waals surface area contributed by atoms with Gasteiger partial charge in [0.05, 0.1) is 7.11 Å². The van der Waals surface area contributed by atoms with Crippen LogP contribution in [-0.4, -0.2) is 33.5 Å². The fraction of sp³-hybridized carbons (Fsp3) is 0.190. The second-order valence-electron chi connectivity index (χ2n) is 6.82. The first-order valence-corrected chi connectivity index (χ1v) is 9.26. The lowest BCUT2D eigenvalue weighted by molar-refractivity contribution is 0.415. The Hall–Kier alpha value is -3.81. The molecule has 0 atom stereocenters. The first kappa shape index (κ1) is 18.5. The predicted molar refractivity (Wildman–Crippen MR) is 114 cm³/mol. The number of nitrogens with two attached hydrogens (primary N) is 1. The van der Waals surface area contributed by atoms with E-state index in [1.165, 1.54) is 16.5 Å². The monoisotopic (exact) mass is 390 g/mol. The standard InChI is InChI=1S/C21H22N6O2/c1-13-3-8-18-17(11-13)15(12-24-18)9-10-23-21-26-25-19(20(28)27(21)22)14-4-6-16(29-2)7-5-14/h3-8,11-12,24H,9-10,22H2,1-2H3,(H,23,26). The molecule has 148 valence electrons. The van der Waals surface area contributed by atoms with Gasteiger partial charge in [-0.1, -0.05) is 11.6 Å². The summed E-state index contributed by atoms with van der Waals surface area (Å²) in [4.78, 5) is 15.9. The summed E-state index contributed by atoms with van der Waals surface area (Å²) < 4.78 is 6.12. The average molecular weight is 390 g/mol. The highest BCUT2D eigenvalue weighted by Gasteiger charge is 2.12. The maximum atomic E-state index is 12.6. The SMILES string of the molecule is COc1ccc(-c2nnc(NCCc3c[nH]c4ccc(C)cc34)n(N)c2=O)cc1. The zero-order chi connectivity index (χ0) is 20.4. The van der Waals surface area contributed by atoms with Gasteiger partial charge in [0.25, 0.3) is 5.56 Å². The fourth-order valence-corrected chi connectivity index (χ4v) is 3.26. The summed E-state index contributed by atoms with van der Waals surface area (Å²) in [7, 11) is 1.58. The van der Waals surface area contributed by atoms with Gasteiger partial charge in [0.2, 0.25) is 5.95 Å². The molecule has 0 aliphatic carbocycles. The van der Waals surface area contributed by atoms with Crippen LogP contribution in [0.2, 0.25) is 0 Å². The highest BCUT2D eigenvalue weighted by Crippen LogP contribution is 2.20. The van der Waals surface area contributed by atoms with E-state index in [1.807, 2.05) is 6.20 Å². The van der Waals surface area contributed by atoms with E-state index in [1.54, 1.807) is 31.4 Å². The number of nitrogen functional groups attached to an aromatic ring is 1. The molecule has 0 saturated carbocycles. The molecule has 8 heteroatoms. The third-order valence-electron chi connectivity index (χ3n) is 4.86. The zero-order valence-electron chi connectivity index (χ0n) is 16.3. The Balaban J connectivity index is 1.49. The lowest BCUT2D eigenvalue weighted by Gasteiger charge is -2.10. The summed E-state index contributed by atoms with van der Waals surface area (Å²) in [5.74, 6) is 6.88. The molecule has 2 heterocycles. The largest absolute Gasteiger partial charge is 0.497 e. The van der Waals surface area contributed by atoms with Crippen LogP contribution in [0.3, 0.4) is 0 Å². The molecule has 0 spiro atoms. The zero-order valence-corrected chi connectivity index (χ0v) is 16.3. The van der Waals surface area contributed by atoms with Gasteiger partial charge < -0.3 is 20.9 Å². The predicted octanol–water partition coefficient (Wildman–Crippen LogP) is 2.47. The van der Waals surface area contributed by atoms with Gasteiger partial charge in [-0.3, -0.25) is 4.79 Å².